The van der Waals surface area contributed by atoms with E-state index in [1.165, 1.54) is 11.8 Å². The Morgan fingerprint density at radius 3 is 2.33 bits per heavy atom. The molecule has 3 N–H and O–H groups in total. The molecule has 1 aliphatic rings. The van der Waals surface area contributed by atoms with Crippen LogP contribution in [-0.4, -0.2) is 58.3 Å². The van der Waals surface area contributed by atoms with Crippen LogP contribution in [-0.2, 0) is 14.3 Å². The maximum Gasteiger partial charge on any atom is 0.337 e. The zero-order valence-electron chi connectivity index (χ0n) is 11.7. The lowest BCUT2D eigenvalue weighted by Gasteiger charge is -2.38. The topological polar surface area (TPSA) is 96.2 Å². The Labute approximate surface area is 126 Å². The third-order valence-corrected chi connectivity index (χ3v) is 4.44. The first-order valence-electron chi connectivity index (χ1n) is 6.45. The minimum Gasteiger partial charge on any atom is -0.467 e. The van der Waals surface area contributed by atoms with Gasteiger partial charge in [0.25, 0.3) is 0 Å². The number of aliphatic hydroxyl groups excluding tert-OH is 3. The molecular weight excluding hydrogens is 296 g/mol. The van der Waals surface area contributed by atoms with Gasteiger partial charge in [-0.05, 0) is 19.1 Å². The van der Waals surface area contributed by atoms with E-state index in [1.807, 2.05) is 31.2 Å². The van der Waals surface area contributed by atoms with Gasteiger partial charge in [0, 0.05) is 4.90 Å². The number of rotatable bonds is 3. The van der Waals surface area contributed by atoms with Crippen LogP contribution in [0.4, 0.5) is 0 Å². The normalized spacial score (nSPS) is 32.7. The monoisotopic (exact) mass is 314 g/mol. The molecule has 0 aromatic heterocycles. The first kappa shape index (κ1) is 16.3. The molecular formula is C14H18O6S. The molecule has 7 heteroatoms. The Balaban J connectivity index is 2.14. The van der Waals surface area contributed by atoms with Gasteiger partial charge in [0.2, 0.25) is 0 Å². The molecule has 2 rings (SSSR count). The highest BCUT2D eigenvalue weighted by molar-refractivity contribution is 7.99. The summed E-state index contributed by atoms with van der Waals surface area (Å²) in [7, 11) is 1.16. The molecule has 0 amide bonds. The standard InChI is InChI=1S/C14H18O6S/c1-7-3-5-8(6-4-7)21-14-11(17)9(15)10(16)12(20-14)13(18)19-2/h3-6,9-12,14-17H,1-2H3/t9-,10-,11+,12-,14-/m0/s1. The van der Waals surface area contributed by atoms with E-state index in [1.54, 1.807) is 0 Å². The molecule has 0 radical (unpaired) electrons. The van der Waals surface area contributed by atoms with Gasteiger partial charge in [0.15, 0.2) is 6.10 Å². The number of carbonyl (C=O) groups excluding carboxylic acids is 1. The third kappa shape index (κ3) is 3.56. The lowest BCUT2D eigenvalue weighted by molar-refractivity contribution is -0.211. The van der Waals surface area contributed by atoms with Crippen LogP contribution in [0.15, 0.2) is 29.2 Å². The maximum absolute atomic E-state index is 11.6. The van der Waals surface area contributed by atoms with Crippen molar-refractivity contribution < 1.29 is 29.6 Å². The SMILES string of the molecule is COC(=O)[C@H]1O[C@@H](Sc2ccc(C)cc2)[C@H](O)[C@@H](O)[C@@H]1O. The average molecular weight is 314 g/mol. The fourth-order valence-corrected chi connectivity index (χ4v) is 3.04. The number of carbonyl (C=O) groups is 1. The molecule has 1 aromatic carbocycles. The van der Waals surface area contributed by atoms with Gasteiger partial charge in [-0.3, -0.25) is 0 Å². The highest BCUT2D eigenvalue weighted by atomic mass is 32.2. The molecule has 6 nitrogen and oxygen atoms in total. The molecule has 0 saturated carbocycles. The van der Waals surface area contributed by atoms with Crippen LogP contribution < -0.4 is 0 Å². The van der Waals surface area contributed by atoms with Crippen molar-refractivity contribution >= 4 is 17.7 Å². The molecule has 1 heterocycles. The highest BCUT2D eigenvalue weighted by Gasteiger charge is 2.47. The highest BCUT2D eigenvalue weighted by Crippen LogP contribution is 2.33. The summed E-state index contributed by atoms with van der Waals surface area (Å²) in [6.07, 6.45) is -5.64. The van der Waals surface area contributed by atoms with Crippen LogP contribution in [0.2, 0.25) is 0 Å². The zero-order chi connectivity index (χ0) is 15.6. The molecule has 0 spiro atoms. The molecule has 0 bridgehead atoms. The van der Waals surface area contributed by atoms with E-state index >= 15 is 0 Å². The Morgan fingerprint density at radius 2 is 1.76 bits per heavy atom. The second kappa shape index (κ2) is 6.76. The Hall–Kier alpha value is -1.12. The number of aryl methyl sites for hydroxylation is 1. The van der Waals surface area contributed by atoms with Crippen LogP contribution >= 0.6 is 11.8 Å². The van der Waals surface area contributed by atoms with Gasteiger partial charge in [-0.1, -0.05) is 29.5 Å². The zero-order valence-corrected chi connectivity index (χ0v) is 12.5. The first-order valence-corrected chi connectivity index (χ1v) is 7.33. The van der Waals surface area contributed by atoms with Gasteiger partial charge in [-0.2, -0.15) is 0 Å². The van der Waals surface area contributed by atoms with Crippen molar-refractivity contribution in [3.8, 4) is 0 Å². The Morgan fingerprint density at radius 1 is 1.14 bits per heavy atom. The fourth-order valence-electron chi connectivity index (χ4n) is 2.01. The third-order valence-electron chi connectivity index (χ3n) is 3.28. The summed E-state index contributed by atoms with van der Waals surface area (Å²) in [6.45, 7) is 1.95. The largest absolute Gasteiger partial charge is 0.467 e. The van der Waals surface area contributed by atoms with Crippen molar-refractivity contribution in [3.05, 3.63) is 29.8 Å². The van der Waals surface area contributed by atoms with E-state index in [4.69, 9.17) is 4.74 Å². The van der Waals surface area contributed by atoms with E-state index in [2.05, 4.69) is 4.74 Å². The van der Waals surface area contributed by atoms with Crippen LogP contribution in [0.3, 0.4) is 0 Å². The summed E-state index contributed by atoms with van der Waals surface area (Å²) in [6, 6.07) is 7.50. The molecule has 21 heavy (non-hydrogen) atoms. The maximum atomic E-state index is 11.6. The average Bonchev–Trinajstić information content (AvgIpc) is 2.49. The number of hydrogen-bond donors (Lipinski definition) is 3. The minimum absolute atomic E-state index is 0.789. The van der Waals surface area contributed by atoms with Crippen molar-refractivity contribution in [3.63, 3.8) is 0 Å². The molecule has 0 aliphatic carbocycles. The number of ether oxygens (including phenoxy) is 2. The van der Waals surface area contributed by atoms with Crippen LogP contribution in [0.1, 0.15) is 5.56 Å². The summed E-state index contributed by atoms with van der Waals surface area (Å²) < 4.78 is 9.93. The van der Waals surface area contributed by atoms with Gasteiger partial charge >= 0.3 is 5.97 Å². The predicted octanol–water partition coefficient (Wildman–Crippen LogP) is 0.0677. The van der Waals surface area contributed by atoms with Gasteiger partial charge in [0.05, 0.1) is 7.11 Å². The molecule has 1 saturated heterocycles. The number of benzene rings is 1. The lowest BCUT2D eigenvalue weighted by Crippen LogP contribution is -2.59. The number of hydrogen-bond acceptors (Lipinski definition) is 7. The molecule has 1 fully saturated rings. The second-order valence-corrected chi connectivity index (χ2v) is 6.02. The summed E-state index contributed by atoms with van der Waals surface area (Å²) in [5.74, 6) is -0.789. The molecule has 5 atom stereocenters. The molecule has 1 aromatic rings. The number of esters is 1. The summed E-state index contributed by atoms with van der Waals surface area (Å²) in [5, 5.41) is 29.6. The first-order chi connectivity index (χ1) is 9.93. The van der Waals surface area contributed by atoms with Crippen LogP contribution in [0, 0.1) is 6.92 Å². The lowest BCUT2D eigenvalue weighted by atomic mass is 10.00. The van der Waals surface area contributed by atoms with Gasteiger partial charge in [-0.15, -0.1) is 0 Å². The second-order valence-electron chi connectivity index (χ2n) is 4.85. The van der Waals surface area contributed by atoms with E-state index in [0.717, 1.165) is 17.6 Å². The number of aliphatic hydroxyl groups is 3. The van der Waals surface area contributed by atoms with Crippen LogP contribution in [0.5, 0.6) is 0 Å². The molecule has 116 valence electrons. The van der Waals surface area contributed by atoms with Crippen molar-refractivity contribution in [2.75, 3.05) is 7.11 Å². The van der Waals surface area contributed by atoms with Crippen molar-refractivity contribution in [1.29, 1.82) is 0 Å². The van der Waals surface area contributed by atoms with Crippen LogP contribution in [0.25, 0.3) is 0 Å². The number of thioether (sulfide) groups is 1. The van der Waals surface area contributed by atoms with Gasteiger partial charge in [0.1, 0.15) is 23.7 Å². The summed E-state index contributed by atoms with van der Waals surface area (Å²) >= 11 is 1.17. The van der Waals surface area contributed by atoms with E-state index in [0.29, 0.717) is 0 Å². The summed E-state index contributed by atoms with van der Waals surface area (Å²) in [5.41, 5.74) is 0.211. The van der Waals surface area contributed by atoms with Crippen molar-refractivity contribution in [2.45, 2.75) is 41.7 Å². The van der Waals surface area contributed by atoms with Crippen molar-refractivity contribution in [1.82, 2.24) is 0 Å². The predicted molar refractivity (Wildman–Crippen MR) is 75.7 cm³/mol. The van der Waals surface area contributed by atoms with E-state index < -0.39 is 35.8 Å². The van der Waals surface area contributed by atoms with Gasteiger partial charge < -0.3 is 24.8 Å². The smallest absolute Gasteiger partial charge is 0.337 e. The van der Waals surface area contributed by atoms with E-state index in [9.17, 15) is 20.1 Å². The van der Waals surface area contributed by atoms with Gasteiger partial charge in [-0.25, -0.2) is 4.79 Å². The number of methoxy groups -OCH3 is 1. The van der Waals surface area contributed by atoms with E-state index in [-0.39, 0.29) is 0 Å². The molecule has 0 unspecified atom stereocenters. The fraction of sp³-hybridized carbons (Fsp3) is 0.500. The quantitative estimate of drug-likeness (QED) is 0.679. The minimum atomic E-state index is -1.53. The summed E-state index contributed by atoms with van der Waals surface area (Å²) in [4.78, 5) is 12.4. The van der Waals surface area contributed by atoms with Crippen molar-refractivity contribution in [2.24, 2.45) is 0 Å². The Kier molecular flexibility index (Phi) is 5.23. The molecule has 1 aliphatic heterocycles. The Bertz CT molecular complexity index is 491.